The Morgan fingerprint density at radius 2 is 2.04 bits per heavy atom. The molecule has 0 saturated carbocycles. The second-order valence-electron chi connectivity index (χ2n) is 6.14. The van der Waals surface area contributed by atoms with E-state index in [4.69, 9.17) is 0 Å². The molecule has 1 saturated heterocycles. The van der Waals surface area contributed by atoms with Gasteiger partial charge in [0.25, 0.3) is 0 Å². The van der Waals surface area contributed by atoms with Crippen molar-refractivity contribution < 1.29 is 4.79 Å². The summed E-state index contributed by atoms with van der Waals surface area (Å²) in [6, 6.07) is 12.0. The largest absolute Gasteiger partial charge is 0.332 e. The first-order chi connectivity index (χ1) is 11.6. The van der Waals surface area contributed by atoms with Gasteiger partial charge in [-0.15, -0.1) is 0 Å². The SMILES string of the molecule is Cc1nccc(CNC(=O)N2CCN(C)CC2c2ccccc2)n1. The molecule has 3 rings (SSSR count). The highest BCUT2D eigenvalue weighted by Gasteiger charge is 2.30. The fourth-order valence-electron chi connectivity index (χ4n) is 2.99. The highest BCUT2D eigenvalue weighted by Crippen LogP contribution is 2.24. The molecule has 0 aliphatic carbocycles. The van der Waals surface area contributed by atoms with Crippen LogP contribution in [0.2, 0.25) is 0 Å². The van der Waals surface area contributed by atoms with Gasteiger partial charge in [0.1, 0.15) is 5.82 Å². The highest BCUT2D eigenvalue weighted by molar-refractivity contribution is 5.75. The molecule has 1 fully saturated rings. The van der Waals surface area contributed by atoms with Crippen LogP contribution in [0.4, 0.5) is 4.79 Å². The maximum absolute atomic E-state index is 12.7. The van der Waals surface area contributed by atoms with Gasteiger partial charge in [-0.1, -0.05) is 30.3 Å². The monoisotopic (exact) mass is 325 g/mol. The number of urea groups is 1. The van der Waals surface area contributed by atoms with Crippen LogP contribution >= 0.6 is 0 Å². The molecule has 1 aromatic carbocycles. The Morgan fingerprint density at radius 3 is 2.79 bits per heavy atom. The van der Waals surface area contributed by atoms with E-state index < -0.39 is 0 Å². The zero-order valence-electron chi connectivity index (χ0n) is 14.1. The number of piperazine rings is 1. The Labute approximate surface area is 142 Å². The maximum atomic E-state index is 12.7. The van der Waals surface area contributed by atoms with E-state index in [0.29, 0.717) is 18.9 Å². The van der Waals surface area contributed by atoms with Crippen LogP contribution in [0.1, 0.15) is 23.1 Å². The first kappa shape index (κ1) is 16.4. The molecule has 2 amide bonds. The maximum Gasteiger partial charge on any atom is 0.318 e. The zero-order valence-corrected chi connectivity index (χ0v) is 14.1. The molecule has 1 aliphatic rings. The lowest BCUT2D eigenvalue weighted by atomic mass is 10.0. The number of hydrogen-bond acceptors (Lipinski definition) is 4. The molecule has 0 radical (unpaired) electrons. The van der Waals surface area contributed by atoms with Crippen molar-refractivity contribution in [1.29, 1.82) is 0 Å². The van der Waals surface area contributed by atoms with Gasteiger partial charge in [0.05, 0.1) is 18.3 Å². The van der Waals surface area contributed by atoms with E-state index in [0.717, 1.165) is 24.3 Å². The molecule has 6 nitrogen and oxygen atoms in total. The van der Waals surface area contributed by atoms with Gasteiger partial charge in [-0.25, -0.2) is 14.8 Å². The Kier molecular flexibility index (Phi) is 5.05. The lowest BCUT2D eigenvalue weighted by molar-refractivity contribution is 0.108. The minimum absolute atomic E-state index is 0.0479. The zero-order chi connectivity index (χ0) is 16.9. The molecule has 1 atom stereocenters. The summed E-state index contributed by atoms with van der Waals surface area (Å²) in [5, 5.41) is 2.99. The quantitative estimate of drug-likeness (QED) is 0.937. The van der Waals surface area contributed by atoms with Crippen molar-refractivity contribution in [3.05, 3.63) is 59.7 Å². The number of aryl methyl sites for hydroxylation is 1. The summed E-state index contributed by atoms with van der Waals surface area (Å²) in [6.45, 7) is 4.69. The van der Waals surface area contributed by atoms with Crippen LogP contribution < -0.4 is 5.32 Å². The van der Waals surface area contributed by atoms with Gasteiger partial charge in [-0.05, 0) is 25.6 Å². The third-order valence-electron chi connectivity index (χ3n) is 4.28. The van der Waals surface area contributed by atoms with Crippen molar-refractivity contribution in [2.75, 3.05) is 26.7 Å². The molecule has 0 spiro atoms. The van der Waals surface area contributed by atoms with Gasteiger partial charge in [-0.2, -0.15) is 0 Å². The Balaban J connectivity index is 1.69. The van der Waals surface area contributed by atoms with E-state index >= 15 is 0 Å². The number of carbonyl (C=O) groups is 1. The minimum Gasteiger partial charge on any atom is -0.332 e. The average Bonchev–Trinajstić information content (AvgIpc) is 2.60. The fourth-order valence-corrected chi connectivity index (χ4v) is 2.99. The molecule has 126 valence electrons. The van der Waals surface area contributed by atoms with Crippen molar-refractivity contribution in [3.63, 3.8) is 0 Å². The minimum atomic E-state index is -0.0479. The summed E-state index contributed by atoms with van der Waals surface area (Å²) in [6.07, 6.45) is 1.71. The van der Waals surface area contributed by atoms with E-state index in [1.54, 1.807) is 6.20 Å². The molecule has 1 unspecified atom stereocenters. The molecule has 2 aromatic rings. The summed E-state index contributed by atoms with van der Waals surface area (Å²) in [7, 11) is 2.09. The van der Waals surface area contributed by atoms with E-state index in [1.807, 2.05) is 36.1 Å². The number of rotatable bonds is 3. The Morgan fingerprint density at radius 1 is 1.25 bits per heavy atom. The van der Waals surface area contributed by atoms with E-state index in [2.05, 4.69) is 39.4 Å². The van der Waals surface area contributed by atoms with Gasteiger partial charge in [-0.3, -0.25) is 0 Å². The molecule has 6 heteroatoms. The van der Waals surface area contributed by atoms with Gasteiger partial charge in [0.15, 0.2) is 0 Å². The predicted octanol–water partition coefficient (Wildman–Crippen LogP) is 1.98. The van der Waals surface area contributed by atoms with Gasteiger partial charge < -0.3 is 15.1 Å². The average molecular weight is 325 g/mol. The van der Waals surface area contributed by atoms with Crippen LogP contribution in [0.3, 0.4) is 0 Å². The van der Waals surface area contributed by atoms with Crippen LogP contribution in [-0.2, 0) is 6.54 Å². The van der Waals surface area contributed by atoms with Crippen LogP contribution in [0.5, 0.6) is 0 Å². The Bertz CT molecular complexity index is 691. The van der Waals surface area contributed by atoms with Crippen molar-refractivity contribution in [1.82, 2.24) is 25.1 Å². The smallest absolute Gasteiger partial charge is 0.318 e. The first-order valence-corrected chi connectivity index (χ1v) is 8.20. The van der Waals surface area contributed by atoms with Gasteiger partial charge >= 0.3 is 6.03 Å². The number of nitrogens with one attached hydrogen (secondary N) is 1. The van der Waals surface area contributed by atoms with Crippen molar-refractivity contribution in [2.45, 2.75) is 19.5 Å². The number of nitrogens with zero attached hydrogens (tertiary/aromatic N) is 4. The topological polar surface area (TPSA) is 61.4 Å². The Hall–Kier alpha value is -2.47. The van der Waals surface area contributed by atoms with Gasteiger partial charge in [0.2, 0.25) is 0 Å². The van der Waals surface area contributed by atoms with E-state index in [9.17, 15) is 4.79 Å². The second kappa shape index (κ2) is 7.40. The number of aromatic nitrogens is 2. The number of hydrogen-bond donors (Lipinski definition) is 1. The standard InChI is InChI=1S/C18H23N5O/c1-14-19-9-8-16(21-14)12-20-18(24)23-11-10-22(2)13-17(23)15-6-4-3-5-7-15/h3-9,17H,10-13H2,1-2H3,(H,20,24). The first-order valence-electron chi connectivity index (χ1n) is 8.20. The lowest BCUT2D eigenvalue weighted by Crippen LogP contribution is -2.52. The van der Waals surface area contributed by atoms with Crippen LogP contribution in [0.15, 0.2) is 42.6 Å². The van der Waals surface area contributed by atoms with Crippen molar-refractivity contribution in [2.24, 2.45) is 0 Å². The number of benzene rings is 1. The second-order valence-corrected chi connectivity index (χ2v) is 6.14. The number of amides is 2. The van der Waals surface area contributed by atoms with Crippen molar-refractivity contribution >= 4 is 6.03 Å². The highest BCUT2D eigenvalue weighted by atomic mass is 16.2. The van der Waals surface area contributed by atoms with Crippen LogP contribution in [0, 0.1) is 6.92 Å². The van der Waals surface area contributed by atoms with Crippen LogP contribution in [-0.4, -0.2) is 52.5 Å². The van der Waals surface area contributed by atoms with Gasteiger partial charge in [0, 0.05) is 25.8 Å². The summed E-state index contributed by atoms with van der Waals surface area (Å²) >= 11 is 0. The summed E-state index contributed by atoms with van der Waals surface area (Å²) < 4.78 is 0. The summed E-state index contributed by atoms with van der Waals surface area (Å²) in [4.78, 5) is 25.3. The molecule has 1 aromatic heterocycles. The third kappa shape index (κ3) is 3.89. The number of likely N-dealkylation sites (N-methyl/N-ethyl adjacent to an activating group) is 1. The fraction of sp³-hybridized carbons (Fsp3) is 0.389. The molecular weight excluding hydrogens is 302 g/mol. The molecule has 2 heterocycles. The summed E-state index contributed by atoms with van der Waals surface area (Å²) in [5.41, 5.74) is 1.98. The molecular formula is C18H23N5O. The van der Waals surface area contributed by atoms with E-state index in [-0.39, 0.29) is 12.1 Å². The van der Waals surface area contributed by atoms with Crippen LogP contribution in [0.25, 0.3) is 0 Å². The molecule has 24 heavy (non-hydrogen) atoms. The van der Waals surface area contributed by atoms with E-state index in [1.165, 1.54) is 0 Å². The van der Waals surface area contributed by atoms with Crippen molar-refractivity contribution in [3.8, 4) is 0 Å². The molecule has 0 bridgehead atoms. The summed E-state index contributed by atoms with van der Waals surface area (Å²) in [5.74, 6) is 0.712. The molecule has 1 aliphatic heterocycles. The normalized spacial score (nSPS) is 18.4. The third-order valence-corrected chi connectivity index (χ3v) is 4.28. The predicted molar refractivity (Wildman–Crippen MR) is 92.4 cm³/mol. The molecule has 1 N–H and O–H groups in total. The number of carbonyl (C=O) groups excluding carboxylic acids is 1. The lowest BCUT2D eigenvalue weighted by Gasteiger charge is -2.40.